The van der Waals surface area contributed by atoms with Gasteiger partial charge in [0, 0.05) is 16.7 Å². The number of hydrogen-bond acceptors (Lipinski definition) is 4. The molecule has 0 spiro atoms. The molecule has 0 heterocycles. The van der Waals surface area contributed by atoms with Crippen molar-refractivity contribution in [2.45, 2.75) is 70.3 Å². The Morgan fingerprint density at radius 2 is 1.71 bits per heavy atom. The van der Waals surface area contributed by atoms with Crippen LogP contribution in [0.2, 0.25) is 0 Å². The van der Waals surface area contributed by atoms with Crippen LogP contribution in [0.3, 0.4) is 0 Å². The number of aliphatic hydroxyl groups is 1. The first-order valence-electron chi connectivity index (χ1n) is 12.5. The van der Waals surface area contributed by atoms with Gasteiger partial charge >= 0.3 is 0 Å². The minimum absolute atomic E-state index is 0.116. The first kappa shape index (κ1) is 23.0. The summed E-state index contributed by atoms with van der Waals surface area (Å²) in [6, 6.07) is 12.1. The molecule has 2 N–H and O–H groups in total. The van der Waals surface area contributed by atoms with Crippen LogP contribution in [0.25, 0.3) is 11.1 Å². The van der Waals surface area contributed by atoms with Crippen molar-refractivity contribution in [3.8, 4) is 28.7 Å². The van der Waals surface area contributed by atoms with Gasteiger partial charge in [0.1, 0.15) is 18.0 Å². The van der Waals surface area contributed by atoms with E-state index >= 15 is 0 Å². The van der Waals surface area contributed by atoms with Crippen molar-refractivity contribution >= 4 is 6.21 Å². The molecule has 0 aliphatic heterocycles. The zero-order valence-electron chi connectivity index (χ0n) is 20.5. The van der Waals surface area contributed by atoms with Crippen molar-refractivity contribution in [2.24, 2.45) is 22.9 Å². The van der Waals surface area contributed by atoms with Gasteiger partial charge in [0.15, 0.2) is 0 Å². The lowest BCUT2D eigenvalue weighted by atomic mass is 9.48. The maximum absolute atomic E-state index is 11.0. The van der Waals surface area contributed by atoms with Crippen molar-refractivity contribution in [2.75, 3.05) is 6.61 Å². The van der Waals surface area contributed by atoms with Crippen LogP contribution in [0.1, 0.15) is 76.0 Å². The van der Waals surface area contributed by atoms with Gasteiger partial charge in [-0.05, 0) is 118 Å². The molecule has 2 aromatic rings. The lowest BCUT2D eigenvalue weighted by Crippen LogP contribution is -2.48. The number of nitrogens with zero attached hydrogens (tertiary/aromatic N) is 1. The normalized spacial score (nSPS) is 27.6. The quantitative estimate of drug-likeness (QED) is 0.335. The average molecular weight is 458 g/mol. The molecule has 0 unspecified atom stereocenters. The topological polar surface area (TPSA) is 62.0 Å². The molecule has 4 bridgehead atoms. The van der Waals surface area contributed by atoms with Crippen LogP contribution in [0.4, 0.5) is 0 Å². The number of phenolic OH excluding ortho intramolecular Hbond substituents is 1. The van der Waals surface area contributed by atoms with Gasteiger partial charge < -0.3 is 15.1 Å². The highest BCUT2D eigenvalue weighted by Crippen LogP contribution is 2.62. The molecule has 4 nitrogen and oxygen atoms in total. The van der Waals surface area contributed by atoms with Gasteiger partial charge in [-0.25, -0.2) is 0 Å². The number of phenols is 1. The number of hydrogen-bond donors (Lipinski definition) is 2. The van der Waals surface area contributed by atoms with E-state index in [2.05, 4.69) is 29.1 Å². The van der Waals surface area contributed by atoms with Gasteiger partial charge in [-0.1, -0.05) is 29.1 Å². The number of aromatic hydroxyl groups is 1. The molecule has 4 aliphatic carbocycles. The second-order valence-corrected chi connectivity index (χ2v) is 11.6. The van der Waals surface area contributed by atoms with E-state index in [9.17, 15) is 5.11 Å². The minimum Gasteiger partial charge on any atom is -0.508 e. The van der Waals surface area contributed by atoms with Crippen LogP contribution in [-0.2, 0) is 10.3 Å². The van der Waals surface area contributed by atoms with Crippen LogP contribution >= 0.6 is 0 Å². The number of aliphatic hydroxyl groups excluding tert-OH is 1. The molecule has 4 fully saturated rings. The fraction of sp³-hybridized carbons (Fsp3) is 0.500. The summed E-state index contributed by atoms with van der Waals surface area (Å²) in [5.41, 5.74) is 4.68. The SMILES string of the molecule is CC(C)(C)O/N=C/c1cc(C#CCO)ccc1-c1ccc(O)c(C23CC4CC(CC(C4)C2)C3)c1. The predicted molar refractivity (Wildman–Crippen MR) is 136 cm³/mol. The maximum atomic E-state index is 11.0. The van der Waals surface area contributed by atoms with E-state index in [0.717, 1.165) is 45.6 Å². The zero-order valence-corrected chi connectivity index (χ0v) is 20.5. The first-order valence-corrected chi connectivity index (χ1v) is 12.5. The minimum atomic E-state index is -0.380. The van der Waals surface area contributed by atoms with E-state index in [4.69, 9.17) is 9.94 Å². The third kappa shape index (κ3) is 4.59. The summed E-state index contributed by atoms with van der Waals surface area (Å²) in [5.74, 6) is 8.59. The van der Waals surface area contributed by atoms with E-state index in [1.165, 1.54) is 38.5 Å². The third-order valence-corrected chi connectivity index (χ3v) is 7.80. The number of rotatable bonds is 4. The lowest BCUT2D eigenvalue weighted by molar-refractivity contribution is -0.00611. The maximum Gasteiger partial charge on any atom is 0.129 e. The van der Waals surface area contributed by atoms with Crippen molar-refractivity contribution in [3.63, 3.8) is 0 Å². The molecule has 2 aromatic carbocycles. The van der Waals surface area contributed by atoms with Crippen LogP contribution in [0.5, 0.6) is 5.75 Å². The third-order valence-electron chi connectivity index (χ3n) is 7.80. The van der Waals surface area contributed by atoms with Crippen molar-refractivity contribution in [3.05, 3.63) is 53.1 Å². The summed E-state index contributed by atoms with van der Waals surface area (Å²) in [5, 5.41) is 24.3. The van der Waals surface area contributed by atoms with Gasteiger partial charge in [-0.2, -0.15) is 0 Å². The molecule has 0 radical (unpaired) electrons. The summed E-state index contributed by atoms with van der Waals surface area (Å²) in [6.07, 6.45) is 9.50. The Hall–Kier alpha value is -2.77. The van der Waals surface area contributed by atoms with Crippen LogP contribution in [0.15, 0.2) is 41.6 Å². The number of benzene rings is 2. The summed E-state index contributed by atoms with van der Waals surface area (Å²) in [4.78, 5) is 5.61. The van der Waals surface area contributed by atoms with E-state index in [1.54, 1.807) is 6.21 Å². The van der Waals surface area contributed by atoms with Crippen molar-refractivity contribution in [1.29, 1.82) is 0 Å². The molecule has 4 heteroatoms. The summed E-state index contributed by atoms with van der Waals surface area (Å²) in [6.45, 7) is 5.72. The fourth-order valence-electron chi connectivity index (χ4n) is 6.96. The molecule has 4 saturated carbocycles. The Labute approximate surface area is 203 Å². The van der Waals surface area contributed by atoms with E-state index < -0.39 is 0 Å². The summed E-state index contributed by atoms with van der Waals surface area (Å²) in [7, 11) is 0. The zero-order chi connectivity index (χ0) is 23.9. The van der Waals surface area contributed by atoms with Gasteiger partial charge in [-0.3, -0.25) is 0 Å². The fourth-order valence-corrected chi connectivity index (χ4v) is 6.96. The molecule has 0 atom stereocenters. The van der Waals surface area contributed by atoms with Gasteiger partial charge in [0.2, 0.25) is 0 Å². The highest BCUT2D eigenvalue weighted by molar-refractivity contribution is 5.91. The highest BCUT2D eigenvalue weighted by Gasteiger charge is 2.52. The van der Waals surface area contributed by atoms with Gasteiger partial charge in [0.25, 0.3) is 0 Å². The smallest absolute Gasteiger partial charge is 0.129 e. The second kappa shape index (κ2) is 8.78. The largest absolute Gasteiger partial charge is 0.508 e. The van der Waals surface area contributed by atoms with Crippen molar-refractivity contribution in [1.82, 2.24) is 0 Å². The standard InChI is InChI=1S/C30H35NO3/c1-29(2,3)34-31-19-25-14-20(5-4-10-32)6-8-26(25)24-7-9-28(33)27(15-24)30-16-21-11-22(17-30)13-23(12-21)18-30/h6-9,14-15,19,21-23,32-33H,10-13,16-18H2,1-3H3/b31-19+. The Morgan fingerprint density at radius 3 is 2.32 bits per heavy atom. The Bertz CT molecular complexity index is 1130. The molecule has 6 rings (SSSR count). The molecular weight excluding hydrogens is 422 g/mol. The average Bonchev–Trinajstić information content (AvgIpc) is 2.76. The Morgan fingerprint density at radius 1 is 1.03 bits per heavy atom. The first-order chi connectivity index (χ1) is 16.2. The van der Waals surface area contributed by atoms with Crippen LogP contribution < -0.4 is 0 Å². The second-order valence-electron chi connectivity index (χ2n) is 11.6. The summed E-state index contributed by atoms with van der Waals surface area (Å²) < 4.78 is 0. The Balaban J connectivity index is 1.55. The molecule has 4 aliphatic rings. The Kier molecular flexibility index (Phi) is 5.94. The van der Waals surface area contributed by atoms with Gasteiger partial charge in [-0.15, -0.1) is 0 Å². The highest BCUT2D eigenvalue weighted by atomic mass is 16.6. The molecular formula is C30H35NO3. The summed E-state index contributed by atoms with van der Waals surface area (Å²) >= 11 is 0. The van der Waals surface area contributed by atoms with E-state index in [0.29, 0.717) is 5.75 Å². The molecule has 0 amide bonds. The lowest BCUT2D eigenvalue weighted by Gasteiger charge is -2.57. The number of oxime groups is 1. The molecule has 0 saturated heterocycles. The monoisotopic (exact) mass is 457 g/mol. The molecule has 34 heavy (non-hydrogen) atoms. The van der Waals surface area contributed by atoms with E-state index in [-0.39, 0.29) is 17.6 Å². The van der Waals surface area contributed by atoms with E-state index in [1.807, 2.05) is 45.0 Å². The van der Waals surface area contributed by atoms with Gasteiger partial charge in [0.05, 0.1) is 6.21 Å². The molecule has 0 aromatic heterocycles. The predicted octanol–water partition coefficient (Wildman–Crippen LogP) is 6.02. The van der Waals surface area contributed by atoms with Crippen LogP contribution in [-0.4, -0.2) is 28.6 Å². The van der Waals surface area contributed by atoms with Crippen molar-refractivity contribution < 1.29 is 15.1 Å². The van der Waals surface area contributed by atoms with Crippen LogP contribution in [0, 0.1) is 29.6 Å². The molecule has 178 valence electrons.